The van der Waals surface area contributed by atoms with Crippen LogP contribution >= 0.6 is 11.8 Å². The number of rotatable bonds is 6. The van der Waals surface area contributed by atoms with Crippen LogP contribution in [0.1, 0.15) is 11.1 Å². The van der Waals surface area contributed by atoms with Crippen molar-refractivity contribution in [3.63, 3.8) is 0 Å². The maximum absolute atomic E-state index is 12.3. The van der Waals surface area contributed by atoms with Gasteiger partial charge in [0, 0.05) is 38.1 Å². The summed E-state index contributed by atoms with van der Waals surface area (Å²) in [5.41, 5.74) is 5.17. The highest BCUT2D eigenvalue weighted by molar-refractivity contribution is 7.99. The molecule has 1 aromatic heterocycles. The van der Waals surface area contributed by atoms with Gasteiger partial charge in [0.15, 0.2) is 11.0 Å². The van der Waals surface area contributed by atoms with Gasteiger partial charge in [0.1, 0.15) is 0 Å². The highest BCUT2D eigenvalue weighted by Gasteiger charge is 2.14. The van der Waals surface area contributed by atoms with E-state index in [1.807, 2.05) is 74.8 Å². The minimum absolute atomic E-state index is 0.0592. The number of anilines is 2. The molecule has 1 N–H and O–H groups in total. The number of benzene rings is 2. The molecule has 0 bridgehead atoms. The van der Waals surface area contributed by atoms with E-state index in [9.17, 15) is 4.79 Å². The SMILES string of the molecule is Cc1ccc(NC(=O)CSc2nnc(-c3cccc(N(C)C)c3)n2C)c(C)c1. The van der Waals surface area contributed by atoms with Gasteiger partial charge in [-0.25, -0.2) is 0 Å². The van der Waals surface area contributed by atoms with Crippen molar-refractivity contribution in [2.45, 2.75) is 19.0 Å². The monoisotopic (exact) mass is 395 g/mol. The standard InChI is InChI=1S/C21H25N5OS/c1-14-9-10-18(15(2)11-14)22-19(27)13-28-21-24-23-20(26(21)5)16-7-6-8-17(12-16)25(3)4/h6-12H,13H2,1-5H3,(H,22,27). The first-order valence-electron chi connectivity index (χ1n) is 9.02. The number of nitrogens with zero attached hydrogens (tertiary/aromatic N) is 4. The number of carbonyl (C=O) groups is 1. The summed E-state index contributed by atoms with van der Waals surface area (Å²) in [6.07, 6.45) is 0. The molecule has 6 nitrogen and oxygen atoms in total. The third kappa shape index (κ3) is 4.54. The van der Waals surface area contributed by atoms with E-state index >= 15 is 0 Å². The van der Waals surface area contributed by atoms with Crippen molar-refractivity contribution in [3.05, 3.63) is 53.6 Å². The molecule has 0 aliphatic heterocycles. The lowest BCUT2D eigenvalue weighted by molar-refractivity contribution is -0.113. The lowest BCUT2D eigenvalue weighted by Gasteiger charge is -2.13. The highest BCUT2D eigenvalue weighted by atomic mass is 32.2. The fourth-order valence-corrected chi connectivity index (χ4v) is 3.60. The summed E-state index contributed by atoms with van der Waals surface area (Å²) < 4.78 is 1.92. The van der Waals surface area contributed by atoms with Crippen LogP contribution in [-0.2, 0) is 11.8 Å². The Hall–Kier alpha value is -2.80. The molecule has 28 heavy (non-hydrogen) atoms. The number of amides is 1. The molecule has 0 radical (unpaired) electrons. The van der Waals surface area contributed by atoms with Gasteiger partial charge < -0.3 is 14.8 Å². The zero-order chi connectivity index (χ0) is 20.3. The Kier molecular flexibility index (Phi) is 6.04. The molecule has 0 atom stereocenters. The smallest absolute Gasteiger partial charge is 0.234 e. The van der Waals surface area contributed by atoms with Crippen molar-refractivity contribution in [2.24, 2.45) is 7.05 Å². The second kappa shape index (κ2) is 8.48. The molecule has 1 heterocycles. The number of hydrogen-bond donors (Lipinski definition) is 1. The predicted octanol–water partition coefficient (Wildman–Crippen LogP) is 3.90. The Bertz CT molecular complexity index is 996. The molecule has 0 saturated heterocycles. The zero-order valence-corrected chi connectivity index (χ0v) is 17.7. The molecule has 0 aliphatic carbocycles. The molecule has 146 valence electrons. The Morgan fingerprint density at radius 3 is 2.64 bits per heavy atom. The van der Waals surface area contributed by atoms with E-state index < -0.39 is 0 Å². The Labute approximate surface area is 170 Å². The van der Waals surface area contributed by atoms with Gasteiger partial charge >= 0.3 is 0 Å². The third-order valence-corrected chi connectivity index (χ3v) is 5.46. The van der Waals surface area contributed by atoms with Gasteiger partial charge in [-0.2, -0.15) is 0 Å². The largest absolute Gasteiger partial charge is 0.378 e. The fraction of sp³-hybridized carbons (Fsp3) is 0.286. The van der Waals surface area contributed by atoms with Crippen molar-refractivity contribution in [1.29, 1.82) is 0 Å². The van der Waals surface area contributed by atoms with Crippen LogP contribution < -0.4 is 10.2 Å². The summed E-state index contributed by atoms with van der Waals surface area (Å²) in [7, 11) is 5.93. The molecular formula is C21H25N5OS. The molecule has 3 rings (SSSR count). The van der Waals surface area contributed by atoms with Gasteiger partial charge in [-0.15, -0.1) is 10.2 Å². The summed E-state index contributed by atoms with van der Waals surface area (Å²) in [4.78, 5) is 14.4. The summed E-state index contributed by atoms with van der Waals surface area (Å²) in [6, 6.07) is 14.1. The average molecular weight is 396 g/mol. The summed E-state index contributed by atoms with van der Waals surface area (Å²) >= 11 is 1.38. The minimum atomic E-state index is -0.0592. The molecule has 1 amide bonds. The number of nitrogens with one attached hydrogen (secondary N) is 1. The molecule has 2 aromatic carbocycles. The van der Waals surface area contributed by atoms with Crippen LogP contribution in [0.3, 0.4) is 0 Å². The lowest BCUT2D eigenvalue weighted by Crippen LogP contribution is -2.15. The quantitative estimate of drug-likeness (QED) is 0.642. The number of hydrogen-bond acceptors (Lipinski definition) is 5. The first-order chi connectivity index (χ1) is 13.3. The van der Waals surface area contributed by atoms with Gasteiger partial charge in [0.2, 0.25) is 5.91 Å². The normalized spacial score (nSPS) is 10.8. The number of thioether (sulfide) groups is 1. The van der Waals surface area contributed by atoms with E-state index in [1.54, 1.807) is 0 Å². The van der Waals surface area contributed by atoms with Crippen LogP contribution in [0.2, 0.25) is 0 Å². The summed E-state index contributed by atoms with van der Waals surface area (Å²) in [6.45, 7) is 4.03. The maximum Gasteiger partial charge on any atom is 0.234 e. The highest BCUT2D eigenvalue weighted by Crippen LogP contribution is 2.25. The molecule has 0 unspecified atom stereocenters. The fourth-order valence-electron chi connectivity index (χ4n) is 2.89. The topological polar surface area (TPSA) is 63.1 Å². The van der Waals surface area contributed by atoms with E-state index in [2.05, 4.69) is 27.6 Å². The van der Waals surface area contributed by atoms with Crippen LogP contribution in [0.4, 0.5) is 11.4 Å². The molecule has 7 heteroatoms. The zero-order valence-electron chi connectivity index (χ0n) is 16.9. The minimum Gasteiger partial charge on any atom is -0.378 e. The van der Waals surface area contributed by atoms with Crippen molar-refractivity contribution in [2.75, 3.05) is 30.1 Å². The first kappa shape index (κ1) is 19.9. The van der Waals surface area contributed by atoms with Crippen LogP contribution in [0, 0.1) is 13.8 Å². The lowest BCUT2D eigenvalue weighted by atomic mass is 10.1. The van der Waals surface area contributed by atoms with Crippen LogP contribution in [0.15, 0.2) is 47.6 Å². The number of carbonyl (C=O) groups excluding carboxylic acids is 1. The van der Waals surface area contributed by atoms with Crippen LogP contribution in [0.5, 0.6) is 0 Å². The molecule has 0 saturated carbocycles. The van der Waals surface area contributed by atoms with Crippen molar-refractivity contribution in [1.82, 2.24) is 14.8 Å². The first-order valence-corrected chi connectivity index (χ1v) is 10.0. The molecule has 0 aliphatic rings. The third-order valence-electron chi connectivity index (χ3n) is 4.44. The van der Waals surface area contributed by atoms with E-state index in [-0.39, 0.29) is 11.7 Å². The number of aryl methyl sites for hydroxylation is 2. The number of aromatic nitrogens is 3. The van der Waals surface area contributed by atoms with Crippen molar-refractivity contribution in [3.8, 4) is 11.4 Å². The van der Waals surface area contributed by atoms with Crippen molar-refractivity contribution >= 4 is 29.0 Å². The second-order valence-electron chi connectivity index (χ2n) is 6.97. The maximum atomic E-state index is 12.3. The Morgan fingerprint density at radius 2 is 1.93 bits per heavy atom. The summed E-state index contributed by atoms with van der Waals surface area (Å²) in [5.74, 6) is 0.994. The Morgan fingerprint density at radius 1 is 1.14 bits per heavy atom. The second-order valence-corrected chi connectivity index (χ2v) is 7.91. The molecule has 0 fully saturated rings. The van der Waals surface area contributed by atoms with Gasteiger partial charge in [0.25, 0.3) is 0 Å². The van der Waals surface area contributed by atoms with Gasteiger partial charge in [0.05, 0.1) is 5.75 Å². The van der Waals surface area contributed by atoms with E-state index in [4.69, 9.17) is 0 Å². The van der Waals surface area contributed by atoms with Gasteiger partial charge in [-0.1, -0.05) is 41.6 Å². The molecule has 3 aromatic rings. The average Bonchev–Trinajstić information content (AvgIpc) is 3.03. The molecular weight excluding hydrogens is 370 g/mol. The van der Waals surface area contributed by atoms with E-state index in [0.717, 1.165) is 28.3 Å². The summed E-state index contributed by atoms with van der Waals surface area (Å²) in [5, 5.41) is 12.2. The predicted molar refractivity (Wildman–Crippen MR) is 116 cm³/mol. The van der Waals surface area contributed by atoms with E-state index in [1.165, 1.54) is 17.3 Å². The van der Waals surface area contributed by atoms with Crippen LogP contribution in [-0.4, -0.2) is 40.5 Å². The Balaban J connectivity index is 1.67. The van der Waals surface area contributed by atoms with E-state index in [0.29, 0.717) is 5.16 Å². The van der Waals surface area contributed by atoms with Crippen molar-refractivity contribution < 1.29 is 4.79 Å². The van der Waals surface area contributed by atoms with Gasteiger partial charge in [-0.05, 0) is 37.6 Å². The van der Waals surface area contributed by atoms with Gasteiger partial charge in [-0.3, -0.25) is 4.79 Å². The van der Waals surface area contributed by atoms with Crippen LogP contribution in [0.25, 0.3) is 11.4 Å². The molecule has 0 spiro atoms.